The molecule has 32 heavy (non-hydrogen) atoms. The van der Waals surface area contributed by atoms with Crippen molar-refractivity contribution in [3.8, 4) is 5.75 Å². The molecular weight excluding hydrogens is 404 g/mol. The van der Waals surface area contributed by atoms with Gasteiger partial charge in [-0.15, -0.1) is 0 Å². The van der Waals surface area contributed by atoms with Gasteiger partial charge in [0.2, 0.25) is 5.91 Å². The van der Waals surface area contributed by atoms with E-state index in [9.17, 15) is 14.7 Å². The van der Waals surface area contributed by atoms with Crippen LogP contribution in [0.3, 0.4) is 0 Å². The maximum Gasteiger partial charge on any atom is 0.258 e. The quantitative estimate of drug-likeness (QED) is 0.520. The largest absolute Gasteiger partial charge is 0.506 e. The van der Waals surface area contributed by atoms with Crippen molar-refractivity contribution in [2.75, 3.05) is 23.3 Å². The van der Waals surface area contributed by atoms with Crippen molar-refractivity contribution < 1.29 is 9.90 Å². The van der Waals surface area contributed by atoms with Gasteiger partial charge in [-0.05, 0) is 54.6 Å². The van der Waals surface area contributed by atoms with Crippen molar-refractivity contribution in [2.24, 2.45) is 13.0 Å². The summed E-state index contributed by atoms with van der Waals surface area (Å²) in [4.78, 5) is 32.0. The summed E-state index contributed by atoms with van der Waals surface area (Å²) >= 11 is 0. The molecule has 0 saturated carbocycles. The fourth-order valence-corrected chi connectivity index (χ4v) is 4.33. The number of nitrogens with one attached hydrogen (secondary N) is 1. The Kier molecular flexibility index (Phi) is 5.01. The molecule has 0 unspecified atom stereocenters. The Bertz CT molecular complexity index is 1390. The van der Waals surface area contributed by atoms with E-state index in [-0.39, 0.29) is 23.1 Å². The second kappa shape index (κ2) is 8.00. The van der Waals surface area contributed by atoms with Gasteiger partial charge in [0, 0.05) is 48.7 Å². The number of para-hydroxylation sites is 1. The molecule has 162 valence electrons. The Labute approximate surface area is 184 Å². The number of carbonyl (C=O) groups excluding carboxylic acids is 1. The summed E-state index contributed by atoms with van der Waals surface area (Å²) in [6.07, 6.45) is 3.16. The van der Waals surface area contributed by atoms with Gasteiger partial charge >= 0.3 is 0 Å². The van der Waals surface area contributed by atoms with E-state index >= 15 is 0 Å². The van der Waals surface area contributed by atoms with Crippen molar-refractivity contribution >= 4 is 39.1 Å². The first-order chi connectivity index (χ1) is 15.5. The third kappa shape index (κ3) is 3.66. The number of phenolic OH excluding ortho intramolecular Hbond substituents is 1. The number of hydrogen-bond donors (Lipinski definition) is 2. The summed E-state index contributed by atoms with van der Waals surface area (Å²) in [5, 5.41) is 15.4. The molecule has 5 rings (SSSR count). The number of fused-ring (bicyclic) bond motifs is 2. The van der Waals surface area contributed by atoms with Crippen LogP contribution in [0.25, 0.3) is 21.7 Å². The predicted molar refractivity (Wildman–Crippen MR) is 126 cm³/mol. The van der Waals surface area contributed by atoms with Crippen LogP contribution in [0.1, 0.15) is 12.8 Å². The summed E-state index contributed by atoms with van der Waals surface area (Å²) in [5.74, 6) is 0.849. The van der Waals surface area contributed by atoms with Gasteiger partial charge in [0.05, 0.1) is 0 Å². The summed E-state index contributed by atoms with van der Waals surface area (Å²) < 4.78 is 1.53. The highest BCUT2D eigenvalue weighted by Gasteiger charge is 2.26. The van der Waals surface area contributed by atoms with Crippen molar-refractivity contribution in [3.05, 3.63) is 71.1 Å². The molecule has 1 saturated heterocycles. The number of pyridine rings is 2. The van der Waals surface area contributed by atoms with Crippen LogP contribution in [-0.4, -0.2) is 33.7 Å². The number of carbonyl (C=O) groups is 1. The lowest BCUT2D eigenvalue weighted by molar-refractivity contribution is -0.120. The molecule has 2 N–H and O–H groups in total. The van der Waals surface area contributed by atoms with Crippen LogP contribution in [0, 0.1) is 5.92 Å². The van der Waals surface area contributed by atoms with Crippen LogP contribution < -0.4 is 15.8 Å². The lowest BCUT2D eigenvalue weighted by atomic mass is 9.95. The standard InChI is InChI=1S/C25H24N4O3/c1-28-12-9-16-5-7-19(15-20(16)25(28)32)26-24(31)18-10-13-29(14-11-18)22-8-6-17-3-2-4-21(30)23(17)27-22/h2-9,12,15,18,30H,10-11,13-14H2,1H3,(H,26,31). The monoisotopic (exact) mass is 428 g/mol. The molecule has 1 fully saturated rings. The number of anilines is 2. The van der Waals surface area contributed by atoms with E-state index in [1.54, 1.807) is 31.4 Å². The molecular formula is C25H24N4O3. The first-order valence-electron chi connectivity index (χ1n) is 10.7. The number of phenols is 1. The average molecular weight is 428 g/mol. The van der Waals surface area contributed by atoms with Gasteiger partial charge in [-0.1, -0.05) is 18.2 Å². The number of aromatic nitrogens is 2. The molecule has 2 aromatic carbocycles. The molecule has 4 aromatic rings. The van der Waals surface area contributed by atoms with Gasteiger partial charge in [-0.3, -0.25) is 9.59 Å². The maximum atomic E-state index is 12.9. The summed E-state index contributed by atoms with van der Waals surface area (Å²) in [6.45, 7) is 1.42. The number of amides is 1. The number of aryl methyl sites for hydroxylation is 1. The Hall–Kier alpha value is -3.87. The Balaban J connectivity index is 1.27. The highest BCUT2D eigenvalue weighted by Crippen LogP contribution is 2.28. The lowest BCUT2D eigenvalue weighted by Gasteiger charge is -2.32. The second-order valence-electron chi connectivity index (χ2n) is 8.30. The summed E-state index contributed by atoms with van der Waals surface area (Å²) in [6, 6.07) is 16.6. The molecule has 0 atom stereocenters. The Morgan fingerprint density at radius 2 is 1.84 bits per heavy atom. The van der Waals surface area contributed by atoms with Crippen LogP contribution in [0.4, 0.5) is 11.5 Å². The second-order valence-corrected chi connectivity index (χ2v) is 8.30. The number of nitrogens with zero attached hydrogens (tertiary/aromatic N) is 3. The van der Waals surface area contributed by atoms with E-state index in [0.29, 0.717) is 42.5 Å². The van der Waals surface area contributed by atoms with Gasteiger partial charge in [0.15, 0.2) is 0 Å². The van der Waals surface area contributed by atoms with Crippen LogP contribution in [0.15, 0.2) is 65.6 Å². The number of hydrogen-bond acceptors (Lipinski definition) is 5. The molecule has 1 aliphatic heterocycles. The van der Waals surface area contributed by atoms with Crippen molar-refractivity contribution in [2.45, 2.75) is 12.8 Å². The van der Waals surface area contributed by atoms with Crippen LogP contribution >= 0.6 is 0 Å². The van der Waals surface area contributed by atoms with E-state index in [4.69, 9.17) is 0 Å². The summed E-state index contributed by atoms with van der Waals surface area (Å²) in [5.41, 5.74) is 1.15. The van der Waals surface area contributed by atoms with E-state index in [2.05, 4.69) is 15.2 Å². The predicted octanol–water partition coefficient (Wildman–Crippen LogP) is 3.65. The smallest absolute Gasteiger partial charge is 0.258 e. The minimum absolute atomic E-state index is 0.0270. The minimum atomic E-state index is -0.102. The Morgan fingerprint density at radius 3 is 2.66 bits per heavy atom. The average Bonchev–Trinajstić information content (AvgIpc) is 2.82. The number of rotatable bonds is 3. The number of benzene rings is 2. The van der Waals surface area contributed by atoms with Gasteiger partial charge < -0.3 is 19.9 Å². The SMILES string of the molecule is Cn1ccc2ccc(NC(=O)C3CCN(c4ccc5cccc(O)c5n4)CC3)cc2c1=O. The van der Waals surface area contributed by atoms with Crippen LogP contribution in [-0.2, 0) is 11.8 Å². The van der Waals surface area contributed by atoms with E-state index in [0.717, 1.165) is 16.6 Å². The fourth-order valence-electron chi connectivity index (χ4n) is 4.33. The molecule has 0 aliphatic carbocycles. The molecule has 0 radical (unpaired) electrons. The highest BCUT2D eigenvalue weighted by molar-refractivity contribution is 5.95. The summed E-state index contributed by atoms with van der Waals surface area (Å²) in [7, 11) is 1.71. The first-order valence-corrected chi connectivity index (χ1v) is 10.7. The zero-order valence-electron chi connectivity index (χ0n) is 17.8. The van der Waals surface area contributed by atoms with Gasteiger partial charge in [-0.25, -0.2) is 4.98 Å². The highest BCUT2D eigenvalue weighted by atomic mass is 16.3. The molecule has 7 heteroatoms. The molecule has 3 heterocycles. The molecule has 7 nitrogen and oxygen atoms in total. The van der Waals surface area contributed by atoms with E-state index < -0.39 is 0 Å². The molecule has 1 aliphatic rings. The fraction of sp³-hybridized carbons (Fsp3) is 0.240. The van der Waals surface area contributed by atoms with E-state index in [1.807, 2.05) is 36.4 Å². The molecule has 2 aromatic heterocycles. The normalized spacial score (nSPS) is 14.7. The number of aromatic hydroxyl groups is 1. The van der Waals surface area contributed by atoms with Gasteiger partial charge in [0.25, 0.3) is 5.56 Å². The van der Waals surface area contributed by atoms with Gasteiger partial charge in [0.1, 0.15) is 17.1 Å². The zero-order valence-corrected chi connectivity index (χ0v) is 17.8. The van der Waals surface area contributed by atoms with E-state index in [1.165, 1.54) is 4.57 Å². The maximum absolute atomic E-state index is 12.9. The molecule has 0 bridgehead atoms. The lowest BCUT2D eigenvalue weighted by Crippen LogP contribution is -2.38. The third-order valence-corrected chi connectivity index (χ3v) is 6.22. The molecule has 1 amide bonds. The number of piperidine rings is 1. The first kappa shape index (κ1) is 20.1. The topological polar surface area (TPSA) is 87.5 Å². The minimum Gasteiger partial charge on any atom is -0.506 e. The Morgan fingerprint density at radius 1 is 1.06 bits per heavy atom. The van der Waals surface area contributed by atoms with Crippen molar-refractivity contribution in [1.29, 1.82) is 0 Å². The third-order valence-electron chi connectivity index (χ3n) is 6.22. The van der Waals surface area contributed by atoms with Crippen LogP contribution in [0.5, 0.6) is 5.75 Å². The molecule has 0 spiro atoms. The van der Waals surface area contributed by atoms with Crippen molar-refractivity contribution in [3.63, 3.8) is 0 Å². The zero-order chi connectivity index (χ0) is 22.2. The van der Waals surface area contributed by atoms with Crippen LogP contribution in [0.2, 0.25) is 0 Å². The van der Waals surface area contributed by atoms with Crippen molar-refractivity contribution in [1.82, 2.24) is 9.55 Å². The van der Waals surface area contributed by atoms with Gasteiger partial charge in [-0.2, -0.15) is 0 Å².